The topological polar surface area (TPSA) is 35.5 Å². The SMILES string of the molecule is CC(C)=CCCO[PH](=O)OCCC=C(C)C. The van der Waals surface area contributed by atoms with Gasteiger partial charge in [-0.25, -0.2) is 0 Å². The molecule has 0 aromatic heterocycles. The molecule has 0 spiro atoms. The highest BCUT2D eigenvalue weighted by atomic mass is 31.1. The van der Waals surface area contributed by atoms with E-state index >= 15 is 0 Å². The van der Waals surface area contributed by atoms with Gasteiger partial charge in [0.2, 0.25) is 0 Å². The van der Waals surface area contributed by atoms with Crippen LogP contribution in [0.5, 0.6) is 0 Å². The molecule has 0 aromatic rings. The second kappa shape index (κ2) is 9.83. The Kier molecular flexibility index (Phi) is 9.60. The molecule has 0 unspecified atom stereocenters. The Balaban J connectivity index is 3.45. The second-order valence-electron chi connectivity index (χ2n) is 4.09. The maximum Gasteiger partial charge on any atom is 0.319 e. The third-order valence-corrected chi connectivity index (χ3v) is 2.66. The lowest BCUT2D eigenvalue weighted by molar-refractivity contribution is 0.231. The summed E-state index contributed by atoms with van der Waals surface area (Å²) in [6.45, 7) is 9.03. The first kappa shape index (κ1) is 15.6. The predicted molar refractivity (Wildman–Crippen MR) is 69.0 cm³/mol. The van der Waals surface area contributed by atoms with Crippen LogP contribution in [-0.2, 0) is 13.6 Å². The molecule has 94 valence electrons. The lowest BCUT2D eigenvalue weighted by Crippen LogP contribution is -1.89. The number of allylic oxidation sites excluding steroid dienone is 2. The van der Waals surface area contributed by atoms with Crippen molar-refractivity contribution in [3.05, 3.63) is 23.3 Å². The minimum absolute atomic E-state index is 0.464. The van der Waals surface area contributed by atoms with E-state index in [2.05, 4.69) is 12.2 Å². The highest BCUT2D eigenvalue weighted by Gasteiger charge is 1.97. The molecular weight excluding hydrogens is 223 g/mol. The van der Waals surface area contributed by atoms with Crippen LogP contribution in [0.2, 0.25) is 0 Å². The summed E-state index contributed by atoms with van der Waals surface area (Å²) < 4.78 is 21.3. The molecule has 0 atom stereocenters. The highest BCUT2D eigenvalue weighted by Crippen LogP contribution is 2.24. The van der Waals surface area contributed by atoms with Crippen molar-refractivity contribution >= 4 is 8.25 Å². The lowest BCUT2D eigenvalue weighted by atomic mass is 10.3. The molecule has 0 heterocycles. The van der Waals surface area contributed by atoms with Gasteiger partial charge >= 0.3 is 8.25 Å². The molecule has 0 aliphatic carbocycles. The van der Waals surface area contributed by atoms with E-state index < -0.39 is 8.25 Å². The van der Waals surface area contributed by atoms with E-state index in [1.54, 1.807) is 0 Å². The maximum absolute atomic E-state index is 11.2. The fourth-order valence-electron chi connectivity index (χ4n) is 1.02. The van der Waals surface area contributed by atoms with Crippen LogP contribution in [0, 0.1) is 0 Å². The molecule has 0 radical (unpaired) electrons. The van der Waals surface area contributed by atoms with Gasteiger partial charge in [0.05, 0.1) is 13.2 Å². The summed E-state index contributed by atoms with van der Waals surface area (Å²) in [6, 6.07) is 0. The Bertz CT molecular complexity index is 235. The van der Waals surface area contributed by atoms with Gasteiger partial charge in [0, 0.05) is 0 Å². The first-order valence-corrected chi connectivity index (χ1v) is 6.81. The van der Waals surface area contributed by atoms with Crippen LogP contribution in [-0.4, -0.2) is 13.2 Å². The second-order valence-corrected chi connectivity index (χ2v) is 5.16. The van der Waals surface area contributed by atoms with Crippen molar-refractivity contribution in [1.82, 2.24) is 0 Å². The van der Waals surface area contributed by atoms with Gasteiger partial charge in [0.25, 0.3) is 0 Å². The third-order valence-electron chi connectivity index (χ3n) is 1.78. The Morgan fingerprint density at radius 2 is 1.31 bits per heavy atom. The van der Waals surface area contributed by atoms with Crippen molar-refractivity contribution in [3.8, 4) is 0 Å². The molecule has 0 aliphatic rings. The molecule has 3 nitrogen and oxygen atoms in total. The van der Waals surface area contributed by atoms with Crippen molar-refractivity contribution in [2.75, 3.05) is 13.2 Å². The number of hydrogen-bond acceptors (Lipinski definition) is 3. The fraction of sp³-hybridized carbons (Fsp3) is 0.667. The van der Waals surface area contributed by atoms with E-state index in [1.165, 1.54) is 11.1 Å². The van der Waals surface area contributed by atoms with E-state index in [1.807, 2.05) is 27.7 Å². The fourth-order valence-corrected chi connectivity index (χ4v) is 1.67. The van der Waals surface area contributed by atoms with Crippen molar-refractivity contribution in [3.63, 3.8) is 0 Å². The molecule has 0 aliphatic heterocycles. The van der Waals surface area contributed by atoms with Crippen LogP contribution in [0.25, 0.3) is 0 Å². The average molecular weight is 246 g/mol. The first-order valence-electron chi connectivity index (χ1n) is 5.58. The van der Waals surface area contributed by atoms with Crippen molar-refractivity contribution in [2.45, 2.75) is 40.5 Å². The van der Waals surface area contributed by atoms with Crippen LogP contribution >= 0.6 is 8.25 Å². The molecule has 0 saturated carbocycles. The monoisotopic (exact) mass is 246 g/mol. The van der Waals surface area contributed by atoms with Gasteiger partial charge in [-0.1, -0.05) is 23.3 Å². The third kappa shape index (κ3) is 11.7. The molecule has 0 fully saturated rings. The van der Waals surface area contributed by atoms with E-state index in [9.17, 15) is 4.57 Å². The zero-order valence-electron chi connectivity index (χ0n) is 10.7. The minimum atomic E-state index is -2.29. The van der Waals surface area contributed by atoms with Crippen molar-refractivity contribution in [2.24, 2.45) is 0 Å². The van der Waals surface area contributed by atoms with Gasteiger partial charge in [-0.15, -0.1) is 0 Å². The predicted octanol–water partition coefficient (Wildman–Crippen LogP) is 4.12. The summed E-state index contributed by atoms with van der Waals surface area (Å²) >= 11 is 0. The smallest absolute Gasteiger partial charge is 0.310 e. The summed E-state index contributed by atoms with van der Waals surface area (Å²) in [7, 11) is -2.29. The Labute approximate surface area is 99.5 Å². The van der Waals surface area contributed by atoms with Crippen molar-refractivity contribution in [1.29, 1.82) is 0 Å². The number of hydrogen-bond donors (Lipinski definition) is 0. The summed E-state index contributed by atoms with van der Waals surface area (Å²) in [4.78, 5) is 0. The van der Waals surface area contributed by atoms with E-state index in [0.29, 0.717) is 13.2 Å². The minimum Gasteiger partial charge on any atom is -0.310 e. The van der Waals surface area contributed by atoms with Gasteiger partial charge in [0.1, 0.15) is 0 Å². The zero-order chi connectivity index (χ0) is 12.4. The van der Waals surface area contributed by atoms with Crippen LogP contribution in [0.3, 0.4) is 0 Å². The molecule has 16 heavy (non-hydrogen) atoms. The normalized spacial score (nSPS) is 10.3. The summed E-state index contributed by atoms with van der Waals surface area (Å²) in [5, 5.41) is 0. The zero-order valence-corrected chi connectivity index (χ0v) is 11.7. The first-order chi connectivity index (χ1) is 7.52. The largest absolute Gasteiger partial charge is 0.319 e. The quantitative estimate of drug-likeness (QED) is 0.367. The van der Waals surface area contributed by atoms with E-state index in [4.69, 9.17) is 9.05 Å². The molecule has 0 bridgehead atoms. The van der Waals surface area contributed by atoms with Gasteiger partial charge < -0.3 is 9.05 Å². The van der Waals surface area contributed by atoms with Gasteiger partial charge in [-0.3, -0.25) is 4.57 Å². The Hall–Kier alpha value is -0.370. The van der Waals surface area contributed by atoms with E-state index in [-0.39, 0.29) is 0 Å². The average Bonchev–Trinajstić information content (AvgIpc) is 2.19. The van der Waals surface area contributed by atoms with Gasteiger partial charge in [0.15, 0.2) is 0 Å². The van der Waals surface area contributed by atoms with E-state index in [0.717, 1.165) is 12.8 Å². The molecular formula is C12H23O3P. The molecule has 0 N–H and O–H groups in total. The summed E-state index contributed by atoms with van der Waals surface area (Å²) in [5.74, 6) is 0. The molecule has 0 aromatic carbocycles. The summed E-state index contributed by atoms with van der Waals surface area (Å²) in [5.41, 5.74) is 2.49. The lowest BCUT2D eigenvalue weighted by Gasteiger charge is -2.03. The number of rotatable bonds is 8. The highest BCUT2D eigenvalue weighted by molar-refractivity contribution is 7.33. The Morgan fingerprint density at radius 3 is 1.62 bits per heavy atom. The Morgan fingerprint density at radius 1 is 0.938 bits per heavy atom. The van der Waals surface area contributed by atoms with Crippen LogP contribution in [0.15, 0.2) is 23.3 Å². The summed E-state index contributed by atoms with van der Waals surface area (Å²) in [6.07, 6.45) is 5.68. The van der Waals surface area contributed by atoms with Crippen LogP contribution in [0.4, 0.5) is 0 Å². The molecule has 0 rings (SSSR count). The molecule has 0 amide bonds. The van der Waals surface area contributed by atoms with Gasteiger partial charge in [-0.05, 0) is 40.5 Å². The standard InChI is InChI=1S/C12H23O3P/c1-11(2)7-5-9-14-16(13)15-10-6-8-12(3)4/h7-8,16H,5-6,9-10H2,1-4H3. The van der Waals surface area contributed by atoms with Crippen molar-refractivity contribution < 1.29 is 13.6 Å². The maximum atomic E-state index is 11.2. The molecule has 4 heteroatoms. The molecule has 0 saturated heterocycles. The van der Waals surface area contributed by atoms with Crippen LogP contribution < -0.4 is 0 Å². The van der Waals surface area contributed by atoms with Crippen LogP contribution in [0.1, 0.15) is 40.5 Å². The van der Waals surface area contributed by atoms with Gasteiger partial charge in [-0.2, -0.15) is 0 Å².